The van der Waals surface area contributed by atoms with E-state index in [0.717, 1.165) is 16.8 Å². The number of hydrogen-bond acceptors (Lipinski definition) is 3. The van der Waals surface area contributed by atoms with Gasteiger partial charge < -0.3 is 0 Å². The van der Waals surface area contributed by atoms with Crippen molar-refractivity contribution in [2.45, 2.75) is 24.5 Å². The van der Waals surface area contributed by atoms with Crippen LogP contribution in [0.2, 0.25) is 0 Å². The zero-order valence-electron chi connectivity index (χ0n) is 14.5. The number of primary sulfonamides is 1. The van der Waals surface area contributed by atoms with Crippen molar-refractivity contribution in [2.75, 3.05) is 0 Å². The molecule has 0 fully saturated rings. The molecule has 0 spiro atoms. The summed E-state index contributed by atoms with van der Waals surface area (Å²) in [6, 6.07) is 9.81. The largest absolute Gasteiger partial charge is 0.433 e. The highest BCUT2D eigenvalue weighted by Gasteiger charge is 2.40. The fourth-order valence-corrected chi connectivity index (χ4v) is 3.71. The third kappa shape index (κ3) is 3.65. The molecule has 28 heavy (non-hydrogen) atoms. The average molecular weight is 413 g/mol. The molecule has 0 amide bonds. The molecule has 0 saturated carbocycles. The van der Waals surface area contributed by atoms with Crippen molar-refractivity contribution in [3.05, 3.63) is 60.0 Å². The molecule has 1 aromatic heterocycles. The number of nitrogens with zero attached hydrogens (tertiary/aromatic N) is 2. The molecule has 0 radical (unpaired) electrons. The fourth-order valence-electron chi connectivity index (χ4n) is 2.97. The lowest BCUT2D eigenvalue weighted by Crippen LogP contribution is -2.14. The molecule has 5 nitrogen and oxygen atoms in total. The topological polar surface area (TPSA) is 78.0 Å². The van der Waals surface area contributed by atoms with E-state index < -0.39 is 27.7 Å². The minimum absolute atomic E-state index is 0.0487. The minimum atomic E-state index is -4.78. The Labute approximate surface area is 158 Å². The second-order valence-electron chi connectivity index (χ2n) is 5.93. The van der Waals surface area contributed by atoms with E-state index in [1.807, 2.05) is 0 Å². The maximum absolute atomic E-state index is 13.8. The lowest BCUT2D eigenvalue weighted by Gasteiger charge is -2.12. The van der Waals surface area contributed by atoms with Crippen LogP contribution in [0.3, 0.4) is 0 Å². The van der Waals surface area contributed by atoms with E-state index in [2.05, 4.69) is 5.10 Å². The molecular weight excluding hydrogens is 398 g/mol. The lowest BCUT2D eigenvalue weighted by atomic mass is 9.98. The molecule has 1 heterocycles. The number of aromatic nitrogens is 2. The quantitative estimate of drug-likeness (QED) is 0.656. The van der Waals surface area contributed by atoms with Gasteiger partial charge >= 0.3 is 6.18 Å². The molecule has 0 aliphatic carbocycles. The molecule has 0 bridgehead atoms. The third-order valence-electron chi connectivity index (χ3n) is 4.10. The Morgan fingerprint density at radius 1 is 1.07 bits per heavy atom. The Hall–Kier alpha value is -2.72. The van der Waals surface area contributed by atoms with Gasteiger partial charge in [-0.2, -0.15) is 18.3 Å². The Morgan fingerprint density at radius 3 is 2.21 bits per heavy atom. The molecule has 10 heteroatoms. The second-order valence-corrected chi connectivity index (χ2v) is 7.46. The van der Waals surface area contributed by atoms with Crippen molar-refractivity contribution in [1.29, 1.82) is 0 Å². The van der Waals surface area contributed by atoms with Gasteiger partial charge in [0.15, 0.2) is 5.69 Å². The molecule has 3 rings (SSSR count). The molecule has 0 saturated heterocycles. The molecule has 3 aromatic rings. The minimum Gasteiger partial charge on any atom is -0.260 e. The number of halogens is 4. The summed E-state index contributed by atoms with van der Waals surface area (Å²) in [7, 11) is -4.22. The van der Waals surface area contributed by atoms with Crippen molar-refractivity contribution in [1.82, 2.24) is 9.78 Å². The van der Waals surface area contributed by atoms with Crippen LogP contribution in [0.15, 0.2) is 53.4 Å². The van der Waals surface area contributed by atoms with Gasteiger partial charge in [0.2, 0.25) is 10.0 Å². The predicted octanol–water partition coefficient (Wildman–Crippen LogP) is 4.04. The Kier molecular flexibility index (Phi) is 5.02. The van der Waals surface area contributed by atoms with Crippen LogP contribution in [0.5, 0.6) is 0 Å². The van der Waals surface area contributed by atoms with Gasteiger partial charge in [0, 0.05) is 17.7 Å². The van der Waals surface area contributed by atoms with E-state index in [1.54, 1.807) is 0 Å². The van der Waals surface area contributed by atoms with Crippen LogP contribution < -0.4 is 5.14 Å². The van der Waals surface area contributed by atoms with Crippen molar-refractivity contribution in [2.24, 2.45) is 5.14 Å². The summed E-state index contributed by atoms with van der Waals surface area (Å²) < 4.78 is 79.5. The first-order chi connectivity index (χ1) is 13.0. The van der Waals surface area contributed by atoms with Crippen LogP contribution in [0.25, 0.3) is 22.4 Å². The molecule has 0 atom stereocenters. The smallest absolute Gasteiger partial charge is 0.260 e. The van der Waals surface area contributed by atoms with Gasteiger partial charge in [-0.25, -0.2) is 17.9 Å². The first-order valence-corrected chi connectivity index (χ1v) is 9.64. The van der Waals surface area contributed by atoms with E-state index in [4.69, 9.17) is 5.14 Å². The number of benzene rings is 2. The number of sulfonamides is 1. The molecule has 148 valence electrons. The summed E-state index contributed by atoms with van der Waals surface area (Å²) in [5.74, 6) is -0.619. The first kappa shape index (κ1) is 20.0. The maximum atomic E-state index is 13.8. The highest BCUT2D eigenvalue weighted by molar-refractivity contribution is 7.89. The van der Waals surface area contributed by atoms with Crippen LogP contribution >= 0.6 is 0 Å². The SMILES string of the molecule is CCn1nc(-c2ccccc2S(N)(=O)=O)c(-c2ccc(F)cc2)c1C(F)(F)F. The van der Waals surface area contributed by atoms with Gasteiger partial charge in [-0.15, -0.1) is 0 Å². The molecule has 0 unspecified atom stereocenters. The fraction of sp³-hybridized carbons (Fsp3) is 0.167. The van der Waals surface area contributed by atoms with Crippen LogP contribution in [0.1, 0.15) is 12.6 Å². The summed E-state index contributed by atoms with van der Waals surface area (Å²) in [6.07, 6.45) is -4.78. The number of nitrogens with two attached hydrogens (primary N) is 1. The Bertz CT molecular complexity index is 1120. The van der Waals surface area contributed by atoms with Crippen molar-refractivity contribution in [3.8, 4) is 22.4 Å². The molecular formula is C18H15F4N3O2S. The first-order valence-electron chi connectivity index (χ1n) is 8.10. The highest BCUT2D eigenvalue weighted by Crippen LogP contribution is 2.43. The number of rotatable bonds is 4. The zero-order chi connectivity index (χ0) is 20.7. The zero-order valence-corrected chi connectivity index (χ0v) is 15.4. The lowest BCUT2D eigenvalue weighted by molar-refractivity contribution is -0.143. The second kappa shape index (κ2) is 7.02. The average Bonchev–Trinajstić information content (AvgIpc) is 3.01. The highest BCUT2D eigenvalue weighted by atomic mass is 32.2. The number of alkyl halides is 3. The summed E-state index contributed by atoms with van der Waals surface area (Å²) in [6.45, 7) is 1.37. The number of hydrogen-bond donors (Lipinski definition) is 1. The standard InChI is InChI=1S/C18H15F4N3O2S/c1-2-25-17(18(20,21)22)15(11-7-9-12(19)10-8-11)16(24-25)13-5-3-4-6-14(13)28(23,26)27/h3-10H,2H2,1H3,(H2,23,26,27). The molecule has 0 aliphatic rings. The third-order valence-corrected chi connectivity index (χ3v) is 5.07. The van der Waals surface area contributed by atoms with Crippen molar-refractivity contribution >= 4 is 10.0 Å². The van der Waals surface area contributed by atoms with E-state index in [-0.39, 0.29) is 33.8 Å². The van der Waals surface area contributed by atoms with Gasteiger partial charge in [-0.3, -0.25) is 4.68 Å². The normalized spacial score (nSPS) is 12.4. The van der Waals surface area contributed by atoms with Crippen LogP contribution in [-0.4, -0.2) is 18.2 Å². The van der Waals surface area contributed by atoms with Crippen molar-refractivity contribution in [3.63, 3.8) is 0 Å². The van der Waals surface area contributed by atoms with Crippen molar-refractivity contribution < 1.29 is 26.0 Å². The van der Waals surface area contributed by atoms with Gasteiger partial charge in [0.05, 0.1) is 4.90 Å². The van der Waals surface area contributed by atoms with Crippen LogP contribution in [0, 0.1) is 5.82 Å². The Balaban J connectivity index is 2.44. The summed E-state index contributed by atoms with van der Waals surface area (Å²) in [4.78, 5) is -0.354. The van der Waals surface area contributed by atoms with E-state index >= 15 is 0 Å². The van der Waals surface area contributed by atoms with Crippen LogP contribution in [-0.2, 0) is 22.7 Å². The molecule has 2 aromatic carbocycles. The van der Waals surface area contributed by atoms with E-state index in [9.17, 15) is 26.0 Å². The van der Waals surface area contributed by atoms with E-state index in [1.165, 1.54) is 43.3 Å². The van der Waals surface area contributed by atoms with Gasteiger partial charge in [0.1, 0.15) is 11.5 Å². The van der Waals surface area contributed by atoms with Gasteiger partial charge in [0.25, 0.3) is 0 Å². The monoisotopic (exact) mass is 413 g/mol. The Morgan fingerprint density at radius 2 is 1.68 bits per heavy atom. The summed E-state index contributed by atoms with van der Waals surface area (Å²) in [5, 5.41) is 9.25. The predicted molar refractivity (Wildman–Crippen MR) is 95.1 cm³/mol. The van der Waals surface area contributed by atoms with Crippen LogP contribution in [0.4, 0.5) is 17.6 Å². The van der Waals surface area contributed by atoms with E-state index in [0.29, 0.717) is 0 Å². The molecule has 2 N–H and O–H groups in total. The summed E-state index contributed by atoms with van der Waals surface area (Å²) in [5.41, 5.74) is -1.62. The number of aryl methyl sites for hydroxylation is 1. The molecule has 0 aliphatic heterocycles. The van der Waals surface area contributed by atoms with Gasteiger partial charge in [-0.1, -0.05) is 30.3 Å². The van der Waals surface area contributed by atoms with Gasteiger partial charge in [-0.05, 0) is 30.7 Å². The summed E-state index contributed by atoms with van der Waals surface area (Å²) >= 11 is 0. The maximum Gasteiger partial charge on any atom is 0.433 e.